The van der Waals surface area contributed by atoms with Gasteiger partial charge >= 0.3 is 5.97 Å². The van der Waals surface area contributed by atoms with Crippen LogP contribution in [0.2, 0.25) is 5.02 Å². The highest BCUT2D eigenvalue weighted by Gasteiger charge is 2.03. The molecule has 0 fully saturated rings. The van der Waals surface area contributed by atoms with E-state index in [1.165, 1.54) is 7.11 Å². The number of esters is 1. The van der Waals surface area contributed by atoms with E-state index in [2.05, 4.69) is 9.72 Å². The Morgan fingerprint density at radius 2 is 2.50 bits per heavy atom. The molecule has 0 atom stereocenters. The second-order valence-electron chi connectivity index (χ2n) is 2.22. The lowest BCUT2D eigenvalue weighted by molar-refractivity contribution is -0.139. The highest BCUT2D eigenvalue weighted by Crippen LogP contribution is 2.08. The van der Waals surface area contributed by atoms with Gasteiger partial charge in [0.25, 0.3) is 0 Å². The molecular weight excluding hydrogens is 178 g/mol. The maximum Gasteiger partial charge on any atom is 0.311 e. The highest BCUT2D eigenvalue weighted by atomic mass is 35.5. The van der Waals surface area contributed by atoms with Gasteiger partial charge in [-0.15, -0.1) is 0 Å². The maximum absolute atomic E-state index is 10.8. The van der Waals surface area contributed by atoms with Crippen LogP contribution in [-0.2, 0) is 16.0 Å². The molecule has 0 aliphatic heterocycles. The van der Waals surface area contributed by atoms with Crippen molar-refractivity contribution in [2.75, 3.05) is 7.11 Å². The van der Waals surface area contributed by atoms with Crippen molar-refractivity contribution in [3.05, 3.63) is 29.0 Å². The number of methoxy groups -OCH3 is 1. The lowest BCUT2D eigenvalue weighted by Crippen LogP contribution is -2.05. The summed E-state index contributed by atoms with van der Waals surface area (Å²) in [5.41, 5.74) is 0.620. The molecule has 0 amide bonds. The van der Waals surface area contributed by atoms with Crippen LogP contribution in [-0.4, -0.2) is 18.1 Å². The van der Waals surface area contributed by atoms with Crippen molar-refractivity contribution in [2.45, 2.75) is 6.42 Å². The fourth-order valence-corrected chi connectivity index (χ4v) is 0.948. The Hall–Kier alpha value is -1.09. The predicted molar refractivity (Wildman–Crippen MR) is 45.0 cm³/mol. The molecule has 1 heterocycles. The van der Waals surface area contributed by atoms with Gasteiger partial charge in [0.1, 0.15) is 0 Å². The third-order valence-electron chi connectivity index (χ3n) is 1.33. The second kappa shape index (κ2) is 4.07. The molecule has 1 rings (SSSR count). The lowest BCUT2D eigenvalue weighted by Gasteiger charge is -1.98. The van der Waals surface area contributed by atoms with Crippen molar-refractivity contribution in [2.24, 2.45) is 0 Å². The number of aromatic nitrogens is 1. The van der Waals surface area contributed by atoms with Crippen LogP contribution >= 0.6 is 11.6 Å². The van der Waals surface area contributed by atoms with Crippen LogP contribution in [0.5, 0.6) is 0 Å². The first-order valence-electron chi connectivity index (χ1n) is 3.39. The number of pyridine rings is 1. The predicted octanol–water partition coefficient (Wildman–Crippen LogP) is 1.45. The van der Waals surface area contributed by atoms with Crippen LogP contribution in [0.3, 0.4) is 0 Å². The lowest BCUT2D eigenvalue weighted by atomic mass is 10.3. The molecule has 0 aliphatic rings. The van der Waals surface area contributed by atoms with E-state index in [0.717, 1.165) is 0 Å². The summed E-state index contributed by atoms with van der Waals surface area (Å²) in [5, 5.41) is 0.573. The van der Waals surface area contributed by atoms with E-state index in [-0.39, 0.29) is 12.4 Å². The minimum Gasteiger partial charge on any atom is -0.469 e. The van der Waals surface area contributed by atoms with Gasteiger partial charge in [-0.1, -0.05) is 11.6 Å². The van der Waals surface area contributed by atoms with Crippen LogP contribution in [0.1, 0.15) is 5.69 Å². The van der Waals surface area contributed by atoms with E-state index in [1.807, 2.05) is 0 Å². The Bertz CT molecular complexity index is 288. The zero-order valence-corrected chi connectivity index (χ0v) is 7.34. The van der Waals surface area contributed by atoms with Crippen molar-refractivity contribution in [1.29, 1.82) is 0 Å². The number of rotatable bonds is 2. The highest BCUT2D eigenvalue weighted by molar-refractivity contribution is 6.30. The average molecular weight is 186 g/mol. The Balaban J connectivity index is 2.69. The number of nitrogens with zero attached hydrogens (tertiary/aromatic N) is 1. The summed E-state index contributed by atoms with van der Waals surface area (Å²) in [7, 11) is 1.34. The van der Waals surface area contributed by atoms with Gasteiger partial charge in [0.2, 0.25) is 0 Å². The number of hydrogen-bond acceptors (Lipinski definition) is 3. The van der Waals surface area contributed by atoms with Gasteiger partial charge in [-0.25, -0.2) is 0 Å². The average Bonchev–Trinajstić information content (AvgIpc) is 2.04. The van der Waals surface area contributed by atoms with Crippen molar-refractivity contribution in [1.82, 2.24) is 4.98 Å². The van der Waals surface area contributed by atoms with Crippen molar-refractivity contribution < 1.29 is 9.53 Å². The molecule has 0 aromatic carbocycles. The van der Waals surface area contributed by atoms with Crippen LogP contribution in [0.4, 0.5) is 0 Å². The third kappa shape index (κ3) is 2.51. The smallest absolute Gasteiger partial charge is 0.311 e. The quantitative estimate of drug-likeness (QED) is 0.655. The van der Waals surface area contributed by atoms with Gasteiger partial charge < -0.3 is 4.74 Å². The van der Waals surface area contributed by atoms with Crippen molar-refractivity contribution in [3.63, 3.8) is 0 Å². The molecule has 0 radical (unpaired) electrons. The molecule has 4 heteroatoms. The van der Waals surface area contributed by atoms with Crippen LogP contribution in [0.25, 0.3) is 0 Å². The molecule has 1 aromatic heterocycles. The fourth-order valence-electron chi connectivity index (χ4n) is 0.765. The summed E-state index contributed by atoms with van der Waals surface area (Å²) >= 11 is 5.68. The molecular formula is C8H8ClNO2. The normalized spacial score (nSPS) is 9.50. The third-order valence-corrected chi connectivity index (χ3v) is 1.57. The first-order chi connectivity index (χ1) is 5.72. The minimum atomic E-state index is -0.315. The summed E-state index contributed by atoms with van der Waals surface area (Å²) in [6.07, 6.45) is 1.72. The topological polar surface area (TPSA) is 39.2 Å². The molecule has 0 saturated carbocycles. The number of carbonyl (C=O) groups excluding carboxylic acids is 1. The molecule has 12 heavy (non-hydrogen) atoms. The molecule has 0 saturated heterocycles. The van der Waals surface area contributed by atoms with E-state index >= 15 is 0 Å². The fraction of sp³-hybridized carbons (Fsp3) is 0.250. The summed E-state index contributed by atoms with van der Waals surface area (Å²) in [5.74, 6) is -0.315. The van der Waals surface area contributed by atoms with Crippen LogP contribution in [0.15, 0.2) is 18.3 Å². The molecule has 0 unspecified atom stereocenters. The Labute approximate surface area is 75.3 Å². The molecule has 0 bridgehead atoms. The number of ether oxygens (including phenoxy) is 1. The van der Waals surface area contributed by atoms with E-state index in [1.54, 1.807) is 18.3 Å². The summed E-state index contributed by atoms with van der Waals surface area (Å²) in [6, 6.07) is 3.29. The Kier molecular flexibility index (Phi) is 3.05. The molecule has 0 N–H and O–H groups in total. The number of carbonyl (C=O) groups is 1. The monoisotopic (exact) mass is 185 g/mol. The van der Waals surface area contributed by atoms with Crippen LogP contribution < -0.4 is 0 Å². The summed E-state index contributed by atoms with van der Waals surface area (Å²) < 4.78 is 4.47. The zero-order chi connectivity index (χ0) is 8.97. The molecule has 64 valence electrons. The van der Waals surface area contributed by atoms with Gasteiger partial charge in [0.05, 0.1) is 19.2 Å². The first-order valence-corrected chi connectivity index (χ1v) is 3.77. The molecule has 3 nitrogen and oxygen atoms in total. The van der Waals surface area contributed by atoms with Gasteiger partial charge in [-0.05, 0) is 12.1 Å². The SMILES string of the molecule is COC(=O)Cc1cc(Cl)ccn1. The second-order valence-corrected chi connectivity index (χ2v) is 2.65. The van der Waals surface area contributed by atoms with Gasteiger partial charge in [-0.3, -0.25) is 9.78 Å². The van der Waals surface area contributed by atoms with E-state index in [4.69, 9.17) is 11.6 Å². The minimum absolute atomic E-state index is 0.164. The number of hydrogen-bond donors (Lipinski definition) is 0. The summed E-state index contributed by atoms with van der Waals surface area (Å²) in [4.78, 5) is 14.7. The maximum atomic E-state index is 10.8. The summed E-state index contributed by atoms with van der Waals surface area (Å²) in [6.45, 7) is 0. The van der Waals surface area contributed by atoms with Gasteiger partial charge in [0.15, 0.2) is 0 Å². The van der Waals surface area contributed by atoms with Gasteiger partial charge in [0, 0.05) is 11.2 Å². The zero-order valence-electron chi connectivity index (χ0n) is 6.58. The molecule has 0 aliphatic carbocycles. The first kappa shape index (κ1) is 9.00. The Morgan fingerprint density at radius 3 is 3.08 bits per heavy atom. The molecule has 0 spiro atoms. The van der Waals surface area contributed by atoms with Crippen molar-refractivity contribution >= 4 is 17.6 Å². The van der Waals surface area contributed by atoms with Crippen LogP contribution in [0, 0.1) is 0 Å². The van der Waals surface area contributed by atoms with Crippen molar-refractivity contribution in [3.8, 4) is 0 Å². The Morgan fingerprint density at radius 1 is 1.75 bits per heavy atom. The van der Waals surface area contributed by atoms with E-state index < -0.39 is 0 Å². The van der Waals surface area contributed by atoms with Gasteiger partial charge in [-0.2, -0.15) is 0 Å². The molecule has 1 aromatic rings. The number of halogens is 1. The largest absolute Gasteiger partial charge is 0.469 e. The standard InChI is InChI=1S/C8H8ClNO2/c1-12-8(11)5-7-4-6(9)2-3-10-7/h2-4H,5H2,1H3. The van der Waals surface area contributed by atoms with E-state index in [0.29, 0.717) is 10.7 Å². The van der Waals surface area contributed by atoms with E-state index in [9.17, 15) is 4.79 Å².